The first-order valence-electron chi connectivity index (χ1n) is 14.1. The summed E-state index contributed by atoms with van der Waals surface area (Å²) in [6.07, 6.45) is 1.92. The molecule has 0 bridgehead atoms. The first-order valence-corrected chi connectivity index (χ1v) is 14.1. The minimum Gasteiger partial charge on any atom is -0.444 e. The van der Waals surface area contributed by atoms with Crippen LogP contribution >= 0.6 is 0 Å². The van der Waals surface area contributed by atoms with Crippen molar-refractivity contribution in [1.82, 2.24) is 10.2 Å². The first kappa shape index (κ1) is 30.7. The highest BCUT2D eigenvalue weighted by Gasteiger charge is 2.35. The molecule has 3 rings (SSSR count). The molecule has 2 unspecified atom stereocenters. The van der Waals surface area contributed by atoms with Crippen LogP contribution in [0.5, 0.6) is 0 Å². The summed E-state index contributed by atoms with van der Waals surface area (Å²) in [5, 5.41) is 7.81. The van der Waals surface area contributed by atoms with Crippen LogP contribution in [-0.4, -0.2) is 41.0 Å². The lowest BCUT2D eigenvalue weighted by atomic mass is 9.96. The van der Waals surface area contributed by atoms with Gasteiger partial charge in [-0.15, -0.1) is 0 Å². The monoisotopic (exact) mass is 545 g/mol. The molecule has 0 aliphatic heterocycles. The fourth-order valence-corrected chi connectivity index (χ4v) is 4.75. The highest BCUT2D eigenvalue weighted by atomic mass is 16.6. The average Bonchev–Trinajstić information content (AvgIpc) is 2.87. The van der Waals surface area contributed by atoms with Gasteiger partial charge >= 0.3 is 6.09 Å². The second kappa shape index (κ2) is 13.5. The minimum atomic E-state index is -0.891. The summed E-state index contributed by atoms with van der Waals surface area (Å²) in [4.78, 5) is 42.1. The fourth-order valence-electron chi connectivity index (χ4n) is 4.75. The van der Waals surface area contributed by atoms with Crippen molar-refractivity contribution in [3.05, 3.63) is 77.4 Å². The molecule has 7 nitrogen and oxygen atoms in total. The summed E-state index contributed by atoms with van der Waals surface area (Å²) in [5.41, 5.74) is 2.69. The molecule has 40 heavy (non-hydrogen) atoms. The maximum absolute atomic E-state index is 14.1. The van der Waals surface area contributed by atoms with E-state index in [9.17, 15) is 14.4 Å². The molecule has 0 saturated carbocycles. The van der Waals surface area contributed by atoms with Crippen molar-refractivity contribution in [1.29, 1.82) is 0 Å². The molecule has 214 valence electrons. The molecule has 0 aromatic heterocycles. The zero-order valence-electron chi connectivity index (χ0n) is 24.8. The molecule has 0 aliphatic rings. The highest BCUT2D eigenvalue weighted by Crippen LogP contribution is 2.29. The number of hydrogen-bond acceptors (Lipinski definition) is 4. The number of nitrogens with one attached hydrogen (secondary N) is 2. The summed E-state index contributed by atoms with van der Waals surface area (Å²) in [7, 11) is 0. The molecule has 0 saturated heterocycles. The van der Waals surface area contributed by atoms with Gasteiger partial charge in [0.2, 0.25) is 5.91 Å². The van der Waals surface area contributed by atoms with Gasteiger partial charge < -0.3 is 20.3 Å². The first-order chi connectivity index (χ1) is 18.9. The molecule has 2 N–H and O–H groups in total. The Bertz CT molecular complexity index is 1350. The molecule has 0 spiro atoms. The Morgan fingerprint density at radius 2 is 1.62 bits per heavy atom. The summed E-state index contributed by atoms with van der Waals surface area (Å²) in [6, 6.07) is 17.8. The van der Waals surface area contributed by atoms with Crippen LogP contribution in [0.1, 0.15) is 76.6 Å². The second-order valence-electron chi connectivity index (χ2n) is 11.4. The molecule has 7 heteroatoms. The van der Waals surface area contributed by atoms with E-state index in [1.807, 2.05) is 74.5 Å². The predicted molar refractivity (Wildman–Crippen MR) is 161 cm³/mol. The van der Waals surface area contributed by atoms with Crippen molar-refractivity contribution in [3.63, 3.8) is 0 Å². The summed E-state index contributed by atoms with van der Waals surface area (Å²) in [5.74, 6) is -0.655. The van der Waals surface area contributed by atoms with E-state index in [0.717, 1.165) is 46.7 Å². The van der Waals surface area contributed by atoms with E-state index in [1.165, 1.54) is 0 Å². The van der Waals surface area contributed by atoms with Crippen LogP contribution in [0.3, 0.4) is 0 Å². The Hall–Kier alpha value is -3.87. The van der Waals surface area contributed by atoms with Crippen molar-refractivity contribution in [3.8, 4) is 0 Å². The third-order valence-electron chi connectivity index (χ3n) is 6.69. The van der Waals surface area contributed by atoms with Gasteiger partial charge in [-0.2, -0.15) is 0 Å². The molecule has 3 amide bonds. The maximum atomic E-state index is 14.1. The molecule has 3 aromatic rings. The van der Waals surface area contributed by atoms with Crippen molar-refractivity contribution < 1.29 is 19.1 Å². The number of anilines is 1. The Balaban J connectivity index is 1.99. The number of unbranched alkanes of at least 4 members (excludes halogenated alkanes) is 2. The molecule has 3 aromatic carbocycles. The van der Waals surface area contributed by atoms with Crippen LogP contribution in [0.15, 0.2) is 60.7 Å². The molecule has 0 radical (unpaired) electrons. The minimum absolute atomic E-state index is 0.309. The van der Waals surface area contributed by atoms with Crippen LogP contribution in [0.4, 0.5) is 10.5 Å². The molecule has 0 heterocycles. The zero-order chi connectivity index (χ0) is 29.4. The lowest BCUT2D eigenvalue weighted by Gasteiger charge is -2.34. The SMILES string of the molecule is CCCCCN(C(=O)C(C)NC(=O)OC(C)(C)C)C(C(=O)Nc1ccc2ccccc2c1)c1ccc(C)cc1C. The maximum Gasteiger partial charge on any atom is 0.408 e. The summed E-state index contributed by atoms with van der Waals surface area (Å²) in [6.45, 7) is 13.3. The second-order valence-corrected chi connectivity index (χ2v) is 11.4. The van der Waals surface area contributed by atoms with E-state index in [4.69, 9.17) is 4.74 Å². The van der Waals surface area contributed by atoms with E-state index in [-0.39, 0.29) is 11.8 Å². The summed E-state index contributed by atoms with van der Waals surface area (Å²) < 4.78 is 5.38. The largest absolute Gasteiger partial charge is 0.444 e. The third-order valence-corrected chi connectivity index (χ3v) is 6.69. The standard InChI is InChI=1S/C33H43N3O4/c1-8-9-12-19-36(31(38)24(4)34-32(39)40-33(5,6)7)29(28-18-15-22(2)20-23(28)3)30(37)35-27-17-16-25-13-10-11-14-26(25)21-27/h10-11,13-18,20-21,24,29H,8-9,12,19H2,1-7H3,(H,34,39)(H,35,37). The Kier molecular flexibility index (Phi) is 10.3. The van der Waals surface area contributed by atoms with Gasteiger partial charge in [0.15, 0.2) is 0 Å². The molecular weight excluding hydrogens is 502 g/mol. The van der Waals surface area contributed by atoms with Crippen LogP contribution in [0.25, 0.3) is 10.8 Å². The van der Waals surface area contributed by atoms with E-state index < -0.39 is 23.8 Å². The highest BCUT2D eigenvalue weighted by molar-refractivity contribution is 6.00. The van der Waals surface area contributed by atoms with Crippen LogP contribution in [-0.2, 0) is 14.3 Å². The van der Waals surface area contributed by atoms with Crippen LogP contribution in [0.2, 0.25) is 0 Å². The number of amides is 3. The van der Waals surface area contributed by atoms with Gasteiger partial charge in [-0.3, -0.25) is 9.59 Å². The van der Waals surface area contributed by atoms with Gasteiger partial charge in [0.1, 0.15) is 17.7 Å². The number of carbonyl (C=O) groups is 3. The number of fused-ring (bicyclic) bond motifs is 1. The number of carbonyl (C=O) groups excluding carboxylic acids is 3. The number of rotatable bonds is 10. The molecule has 0 aliphatic carbocycles. The zero-order valence-corrected chi connectivity index (χ0v) is 24.8. The fraction of sp³-hybridized carbons (Fsp3) is 0.424. The topological polar surface area (TPSA) is 87.7 Å². The Morgan fingerprint density at radius 1 is 0.925 bits per heavy atom. The molecule has 0 fully saturated rings. The Morgan fingerprint density at radius 3 is 2.27 bits per heavy atom. The van der Waals surface area contributed by atoms with Gasteiger partial charge in [-0.05, 0) is 82.0 Å². The van der Waals surface area contributed by atoms with Crippen molar-refractivity contribution >= 4 is 34.4 Å². The van der Waals surface area contributed by atoms with E-state index >= 15 is 0 Å². The van der Waals surface area contributed by atoms with Crippen LogP contribution in [0, 0.1) is 13.8 Å². The quantitative estimate of drug-likeness (QED) is 0.267. The number of hydrogen-bond donors (Lipinski definition) is 2. The van der Waals surface area contributed by atoms with E-state index in [0.29, 0.717) is 12.2 Å². The van der Waals surface area contributed by atoms with Gasteiger partial charge in [-0.25, -0.2) is 4.79 Å². The van der Waals surface area contributed by atoms with Gasteiger partial charge in [0, 0.05) is 12.2 Å². The number of nitrogens with zero attached hydrogens (tertiary/aromatic N) is 1. The van der Waals surface area contributed by atoms with Crippen molar-refractivity contribution in [2.75, 3.05) is 11.9 Å². The lowest BCUT2D eigenvalue weighted by Crippen LogP contribution is -2.51. The van der Waals surface area contributed by atoms with Crippen LogP contribution < -0.4 is 10.6 Å². The number of ether oxygens (including phenoxy) is 1. The molecular formula is C33H43N3O4. The lowest BCUT2D eigenvalue weighted by molar-refractivity contribution is -0.140. The van der Waals surface area contributed by atoms with Crippen molar-refractivity contribution in [2.45, 2.75) is 85.4 Å². The third kappa shape index (κ3) is 8.31. The smallest absolute Gasteiger partial charge is 0.408 e. The van der Waals surface area contributed by atoms with Gasteiger partial charge in [-0.1, -0.05) is 73.9 Å². The van der Waals surface area contributed by atoms with Gasteiger partial charge in [0.05, 0.1) is 0 Å². The van der Waals surface area contributed by atoms with Gasteiger partial charge in [0.25, 0.3) is 5.91 Å². The average molecular weight is 546 g/mol. The van der Waals surface area contributed by atoms with Crippen molar-refractivity contribution in [2.24, 2.45) is 0 Å². The molecule has 2 atom stereocenters. The number of alkyl carbamates (subject to hydrolysis) is 1. The van der Waals surface area contributed by atoms with E-state index in [1.54, 1.807) is 32.6 Å². The number of aryl methyl sites for hydroxylation is 2. The number of benzene rings is 3. The predicted octanol–water partition coefficient (Wildman–Crippen LogP) is 7.07. The van der Waals surface area contributed by atoms with E-state index in [2.05, 4.69) is 17.6 Å². The Labute approximate surface area is 238 Å². The summed E-state index contributed by atoms with van der Waals surface area (Å²) >= 11 is 0. The normalized spacial score (nSPS) is 12.9.